The van der Waals surface area contributed by atoms with Crippen LogP contribution in [0.5, 0.6) is 0 Å². The number of alkyl halides is 3. The van der Waals surface area contributed by atoms with Crippen molar-refractivity contribution < 1.29 is 13.2 Å². The number of nitrogens with zero attached hydrogens (tertiary/aromatic N) is 5. The molecule has 4 rings (SSSR count). The van der Waals surface area contributed by atoms with Crippen LogP contribution in [0.25, 0.3) is 4.96 Å². The third-order valence-corrected chi connectivity index (χ3v) is 6.05. The Bertz CT molecular complexity index is 1170. The molecule has 0 amide bonds. The standard InChI is InChI=1S/C17H13ClF3N5OS/c1-2-11-15(10-3-8(10)6-22)26-14(27)4-9(23-16(26)28-11)7-25-12(17(19,20)21)5-13(18)24-25/h4-5,8,10H,2-3,7H2,1H3. The van der Waals surface area contributed by atoms with Crippen LogP contribution in [0.15, 0.2) is 16.9 Å². The highest BCUT2D eigenvalue weighted by Gasteiger charge is 2.42. The number of rotatable bonds is 4. The normalized spacial score (nSPS) is 19.1. The minimum atomic E-state index is -4.62. The highest BCUT2D eigenvalue weighted by molar-refractivity contribution is 7.17. The smallest absolute Gasteiger partial charge is 0.269 e. The molecule has 3 aromatic heterocycles. The summed E-state index contributed by atoms with van der Waals surface area (Å²) in [7, 11) is 0. The van der Waals surface area contributed by atoms with Crippen LogP contribution < -0.4 is 5.56 Å². The molecule has 0 spiro atoms. The van der Waals surface area contributed by atoms with Gasteiger partial charge >= 0.3 is 6.18 Å². The van der Waals surface area contributed by atoms with E-state index >= 15 is 0 Å². The molecule has 146 valence electrons. The van der Waals surface area contributed by atoms with Gasteiger partial charge in [0.25, 0.3) is 5.56 Å². The number of hydrogen-bond acceptors (Lipinski definition) is 5. The minimum Gasteiger partial charge on any atom is -0.269 e. The van der Waals surface area contributed by atoms with Crippen molar-refractivity contribution in [2.75, 3.05) is 0 Å². The average molecular weight is 428 g/mol. The van der Waals surface area contributed by atoms with Crippen LogP contribution in [0.3, 0.4) is 0 Å². The maximum atomic E-state index is 13.1. The summed E-state index contributed by atoms with van der Waals surface area (Å²) in [5.41, 5.74) is -0.411. The Hall–Kier alpha value is -2.38. The van der Waals surface area contributed by atoms with Gasteiger partial charge in [-0.1, -0.05) is 18.5 Å². The molecule has 3 aromatic rings. The number of hydrogen-bond donors (Lipinski definition) is 0. The lowest BCUT2D eigenvalue weighted by Crippen LogP contribution is -2.20. The van der Waals surface area contributed by atoms with Gasteiger partial charge in [0.15, 0.2) is 10.1 Å². The molecule has 6 nitrogen and oxygen atoms in total. The summed E-state index contributed by atoms with van der Waals surface area (Å²) >= 11 is 6.96. The van der Waals surface area contributed by atoms with Crippen molar-refractivity contribution in [1.82, 2.24) is 19.2 Å². The van der Waals surface area contributed by atoms with Gasteiger partial charge in [-0.3, -0.25) is 13.9 Å². The Labute approximate surface area is 165 Å². The number of aromatic nitrogens is 4. The van der Waals surface area contributed by atoms with Crippen molar-refractivity contribution in [3.8, 4) is 6.07 Å². The molecule has 0 bridgehead atoms. The lowest BCUT2D eigenvalue weighted by Gasteiger charge is -2.10. The van der Waals surface area contributed by atoms with Crippen molar-refractivity contribution in [1.29, 1.82) is 5.26 Å². The van der Waals surface area contributed by atoms with Gasteiger partial charge in [0.2, 0.25) is 0 Å². The second-order valence-corrected chi connectivity index (χ2v) is 8.00. The highest BCUT2D eigenvalue weighted by Crippen LogP contribution is 2.49. The van der Waals surface area contributed by atoms with Crippen LogP contribution in [-0.2, 0) is 19.1 Å². The molecule has 1 fully saturated rings. The molecule has 1 aliphatic rings. The molecular weight excluding hydrogens is 415 g/mol. The molecule has 28 heavy (non-hydrogen) atoms. The van der Waals surface area contributed by atoms with Gasteiger partial charge in [-0.25, -0.2) is 4.98 Å². The highest BCUT2D eigenvalue weighted by atomic mass is 35.5. The van der Waals surface area contributed by atoms with E-state index in [0.29, 0.717) is 22.5 Å². The monoisotopic (exact) mass is 427 g/mol. The SMILES string of the molecule is CCc1sc2nc(Cn3nc(Cl)cc3C(F)(F)F)cc(=O)n2c1C1CC1C#N. The Morgan fingerprint density at radius 1 is 1.43 bits per heavy atom. The van der Waals surface area contributed by atoms with Crippen molar-refractivity contribution in [2.45, 2.75) is 38.4 Å². The largest absolute Gasteiger partial charge is 0.433 e. The Morgan fingerprint density at radius 2 is 2.18 bits per heavy atom. The van der Waals surface area contributed by atoms with Crippen LogP contribution in [0, 0.1) is 17.2 Å². The average Bonchev–Trinajstić information content (AvgIpc) is 3.15. The zero-order valence-corrected chi connectivity index (χ0v) is 16.1. The summed E-state index contributed by atoms with van der Waals surface area (Å²) in [6.07, 6.45) is -3.24. The maximum absolute atomic E-state index is 13.1. The first kappa shape index (κ1) is 19.0. The molecular formula is C17H13ClF3N5OS. The molecule has 0 saturated heterocycles. The van der Waals surface area contributed by atoms with E-state index in [4.69, 9.17) is 16.9 Å². The summed E-state index contributed by atoms with van der Waals surface area (Å²) in [4.78, 5) is 18.5. The van der Waals surface area contributed by atoms with Crippen LogP contribution >= 0.6 is 22.9 Å². The molecule has 2 unspecified atom stereocenters. The zero-order chi connectivity index (χ0) is 20.2. The fraction of sp³-hybridized carbons (Fsp3) is 0.412. The van der Waals surface area contributed by atoms with Gasteiger partial charge in [-0.2, -0.15) is 23.5 Å². The van der Waals surface area contributed by atoms with E-state index in [-0.39, 0.29) is 34.8 Å². The van der Waals surface area contributed by atoms with Crippen LogP contribution in [0.4, 0.5) is 13.2 Å². The molecule has 0 radical (unpaired) electrons. The summed E-state index contributed by atoms with van der Waals surface area (Å²) < 4.78 is 41.6. The summed E-state index contributed by atoms with van der Waals surface area (Å²) in [5.74, 6) is -0.115. The fourth-order valence-corrected chi connectivity index (χ4v) is 4.67. The van der Waals surface area contributed by atoms with Crippen molar-refractivity contribution >= 4 is 27.9 Å². The third kappa shape index (κ3) is 3.18. The number of nitriles is 1. The number of fused-ring (bicyclic) bond motifs is 1. The second-order valence-electron chi connectivity index (χ2n) is 6.55. The Balaban J connectivity index is 1.78. The van der Waals surface area contributed by atoms with Crippen molar-refractivity contribution in [3.63, 3.8) is 0 Å². The molecule has 3 heterocycles. The molecule has 1 aliphatic carbocycles. The second kappa shape index (κ2) is 6.60. The summed E-state index contributed by atoms with van der Waals surface area (Å²) in [5, 5.41) is 12.5. The first-order valence-corrected chi connectivity index (χ1v) is 9.66. The van der Waals surface area contributed by atoms with Crippen molar-refractivity contribution in [2.24, 2.45) is 5.92 Å². The number of thiazole rings is 1. The lowest BCUT2D eigenvalue weighted by molar-refractivity contribution is -0.144. The summed E-state index contributed by atoms with van der Waals surface area (Å²) in [6, 6.07) is 4.16. The number of aryl methyl sites for hydroxylation is 1. The van der Waals surface area contributed by atoms with E-state index in [9.17, 15) is 18.0 Å². The Kier molecular flexibility index (Phi) is 4.47. The lowest BCUT2D eigenvalue weighted by atomic mass is 10.2. The van der Waals surface area contributed by atoms with E-state index in [1.54, 1.807) is 0 Å². The quantitative estimate of drug-likeness (QED) is 0.633. The van der Waals surface area contributed by atoms with Gasteiger partial charge < -0.3 is 0 Å². The summed E-state index contributed by atoms with van der Waals surface area (Å²) in [6.45, 7) is 1.62. The van der Waals surface area contributed by atoms with Gasteiger partial charge in [0, 0.05) is 28.6 Å². The predicted octanol–water partition coefficient (Wildman–Crippen LogP) is 3.86. The van der Waals surface area contributed by atoms with Crippen LogP contribution in [0.1, 0.15) is 41.2 Å². The van der Waals surface area contributed by atoms with E-state index < -0.39 is 11.9 Å². The minimum absolute atomic E-state index is 0.000745. The van der Waals surface area contributed by atoms with Crippen LogP contribution in [0.2, 0.25) is 5.15 Å². The molecule has 2 atom stereocenters. The predicted molar refractivity (Wildman–Crippen MR) is 96.5 cm³/mol. The maximum Gasteiger partial charge on any atom is 0.433 e. The Morgan fingerprint density at radius 3 is 2.79 bits per heavy atom. The zero-order valence-electron chi connectivity index (χ0n) is 14.5. The molecule has 11 heteroatoms. The molecule has 0 aliphatic heterocycles. The fourth-order valence-electron chi connectivity index (χ4n) is 3.32. The van der Waals surface area contributed by atoms with E-state index in [1.807, 2.05) is 6.92 Å². The first-order valence-electron chi connectivity index (χ1n) is 8.47. The molecule has 1 saturated carbocycles. The van der Waals surface area contributed by atoms with Gasteiger partial charge in [-0.05, 0) is 12.8 Å². The molecule has 0 N–H and O–H groups in total. The third-order valence-electron chi connectivity index (χ3n) is 4.66. The van der Waals surface area contributed by atoms with E-state index in [1.165, 1.54) is 21.8 Å². The van der Waals surface area contributed by atoms with Crippen molar-refractivity contribution in [3.05, 3.63) is 49.6 Å². The van der Waals surface area contributed by atoms with Gasteiger partial charge in [0.1, 0.15) is 5.69 Å². The van der Waals surface area contributed by atoms with Gasteiger partial charge in [0.05, 0.1) is 24.2 Å². The first-order chi connectivity index (χ1) is 13.2. The van der Waals surface area contributed by atoms with Gasteiger partial charge in [-0.15, -0.1) is 11.3 Å². The topological polar surface area (TPSA) is 76.0 Å². The van der Waals surface area contributed by atoms with E-state index in [0.717, 1.165) is 16.6 Å². The van der Waals surface area contributed by atoms with Crippen LogP contribution in [-0.4, -0.2) is 19.2 Å². The molecule has 0 aromatic carbocycles. The van der Waals surface area contributed by atoms with E-state index in [2.05, 4.69) is 16.2 Å². The number of halogens is 4.